The molecule has 0 unspecified atom stereocenters. The Morgan fingerprint density at radius 1 is 1.04 bits per heavy atom. The topological polar surface area (TPSA) is 57.2 Å². The average molecular weight is 331 g/mol. The summed E-state index contributed by atoms with van der Waals surface area (Å²) in [6.07, 6.45) is 1.63. The molecule has 0 aliphatic carbocycles. The molecule has 126 valence electrons. The van der Waals surface area contributed by atoms with E-state index < -0.39 is 0 Å². The van der Waals surface area contributed by atoms with E-state index in [-0.39, 0.29) is 5.41 Å². The van der Waals surface area contributed by atoms with Crippen LogP contribution in [0.15, 0.2) is 42.5 Å². The third-order valence-electron chi connectivity index (χ3n) is 5.14. The molecular formula is C20H21N5. The lowest BCUT2D eigenvalue weighted by Gasteiger charge is -2.38. The number of benzene rings is 1. The van der Waals surface area contributed by atoms with Crippen molar-refractivity contribution in [1.29, 1.82) is 5.26 Å². The van der Waals surface area contributed by atoms with Gasteiger partial charge in [0.2, 0.25) is 0 Å². The van der Waals surface area contributed by atoms with E-state index in [4.69, 9.17) is 0 Å². The van der Waals surface area contributed by atoms with Crippen molar-refractivity contribution in [1.82, 2.24) is 14.6 Å². The number of nitrogens with zero attached hydrogens (tertiary/aromatic N) is 5. The van der Waals surface area contributed by atoms with E-state index in [0.29, 0.717) is 0 Å². The molecule has 0 atom stereocenters. The Morgan fingerprint density at radius 3 is 2.44 bits per heavy atom. The summed E-state index contributed by atoms with van der Waals surface area (Å²) in [6, 6.07) is 16.9. The summed E-state index contributed by atoms with van der Waals surface area (Å²) in [5.41, 5.74) is 3.57. The van der Waals surface area contributed by atoms with Crippen LogP contribution in [-0.2, 0) is 5.41 Å². The first-order valence-electron chi connectivity index (χ1n) is 8.67. The van der Waals surface area contributed by atoms with E-state index in [0.717, 1.165) is 54.3 Å². The van der Waals surface area contributed by atoms with Gasteiger partial charge < -0.3 is 4.90 Å². The van der Waals surface area contributed by atoms with E-state index in [1.165, 1.54) is 0 Å². The van der Waals surface area contributed by atoms with E-state index >= 15 is 0 Å². The van der Waals surface area contributed by atoms with Gasteiger partial charge in [0.15, 0.2) is 5.65 Å². The van der Waals surface area contributed by atoms with Crippen LogP contribution in [-0.4, -0.2) is 27.7 Å². The molecule has 1 aromatic carbocycles. The van der Waals surface area contributed by atoms with Crippen LogP contribution < -0.4 is 4.90 Å². The molecule has 0 amide bonds. The fraction of sp³-hybridized carbons (Fsp3) is 0.350. The Hall–Kier alpha value is -2.87. The normalized spacial score (nSPS) is 16.8. The predicted molar refractivity (Wildman–Crippen MR) is 97.6 cm³/mol. The second-order valence-electron chi connectivity index (χ2n) is 6.86. The molecule has 1 aliphatic rings. The summed E-state index contributed by atoms with van der Waals surface area (Å²) in [5, 5.41) is 14.5. The monoisotopic (exact) mass is 331 g/mol. The molecule has 25 heavy (non-hydrogen) atoms. The van der Waals surface area contributed by atoms with Crippen LogP contribution in [0.25, 0.3) is 5.65 Å². The maximum Gasteiger partial charge on any atom is 0.157 e. The van der Waals surface area contributed by atoms with Crippen molar-refractivity contribution in [2.45, 2.75) is 32.1 Å². The first-order chi connectivity index (χ1) is 12.1. The van der Waals surface area contributed by atoms with Crippen molar-refractivity contribution in [3.05, 3.63) is 59.4 Å². The smallest absolute Gasteiger partial charge is 0.157 e. The van der Waals surface area contributed by atoms with E-state index in [1.807, 2.05) is 42.6 Å². The molecular weight excluding hydrogens is 310 g/mol. The van der Waals surface area contributed by atoms with E-state index in [2.05, 4.69) is 39.3 Å². The molecule has 4 rings (SSSR count). The van der Waals surface area contributed by atoms with Crippen molar-refractivity contribution in [2.75, 3.05) is 18.0 Å². The first-order valence-corrected chi connectivity index (χ1v) is 8.67. The molecule has 1 fully saturated rings. The second-order valence-corrected chi connectivity index (χ2v) is 6.86. The molecule has 0 radical (unpaired) electrons. The number of nitriles is 1. The number of hydrogen-bond acceptors (Lipinski definition) is 4. The lowest BCUT2D eigenvalue weighted by molar-refractivity contribution is 0.412. The molecule has 0 saturated carbocycles. The van der Waals surface area contributed by atoms with Gasteiger partial charge in [0.25, 0.3) is 0 Å². The Kier molecular flexibility index (Phi) is 3.69. The summed E-state index contributed by atoms with van der Waals surface area (Å²) in [6.45, 7) is 5.67. The van der Waals surface area contributed by atoms with Crippen LogP contribution in [0.5, 0.6) is 0 Å². The Morgan fingerprint density at radius 2 is 1.76 bits per heavy atom. The highest BCUT2D eigenvalue weighted by molar-refractivity contribution is 5.52. The van der Waals surface area contributed by atoms with Crippen molar-refractivity contribution in [2.24, 2.45) is 0 Å². The molecule has 0 spiro atoms. The summed E-state index contributed by atoms with van der Waals surface area (Å²) in [5.74, 6) is 1.07. The maximum absolute atomic E-state index is 9.87. The fourth-order valence-corrected chi connectivity index (χ4v) is 3.76. The number of anilines is 1. The van der Waals surface area contributed by atoms with Crippen LogP contribution in [0.4, 0.5) is 5.82 Å². The minimum Gasteiger partial charge on any atom is -0.356 e. The van der Waals surface area contributed by atoms with Crippen LogP contribution in [0.3, 0.4) is 0 Å². The number of fused-ring (bicyclic) bond motifs is 1. The molecule has 3 aromatic rings. The summed E-state index contributed by atoms with van der Waals surface area (Å²) in [7, 11) is 0. The van der Waals surface area contributed by atoms with Gasteiger partial charge in [0.1, 0.15) is 5.82 Å². The van der Waals surface area contributed by atoms with Gasteiger partial charge in [-0.1, -0.05) is 30.3 Å². The van der Waals surface area contributed by atoms with E-state index in [9.17, 15) is 5.26 Å². The zero-order chi connectivity index (χ0) is 17.4. The van der Waals surface area contributed by atoms with Crippen LogP contribution in [0.2, 0.25) is 0 Å². The van der Waals surface area contributed by atoms with Gasteiger partial charge >= 0.3 is 0 Å². The largest absolute Gasteiger partial charge is 0.356 e. The fourth-order valence-electron chi connectivity index (χ4n) is 3.76. The van der Waals surface area contributed by atoms with Crippen LogP contribution in [0, 0.1) is 25.2 Å². The molecule has 5 heteroatoms. The highest BCUT2D eigenvalue weighted by atomic mass is 15.3. The highest BCUT2D eigenvalue weighted by Gasteiger charge is 2.37. The summed E-state index contributed by atoms with van der Waals surface area (Å²) in [4.78, 5) is 6.89. The van der Waals surface area contributed by atoms with Gasteiger partial charge in [-0.25, -0.2) is 4.98 Å². The van der Waals surface area contributed by atoms with Gasteiger partial charge in [-0.2, -0.15) is 14.9 Å². The number of rotatable bonds is 2. The first kappa shape index (κ1) is 15.6. The third kappa shape index (κ3) is 2.64. The molecule has 2 aromatic heterocycles. The standard InChI is InChI=1S/C20H21N5/c1-15-13-19(25-18(22-15)12-16(2)23-25)24-10-8-20(14-21,9-11-24)17-6-4-3-5-7-17/h3-7,12-13H,8-11H2,1-2H3. The minimum atomic E-state index is -0.390. The van der Waals surface area contributed by atoms with Gasteiger partial charge in [0, 0.05) is 30.9 Å². The second kappa shape index (κ2) is 5.89. The van der Waals surface area contributed by atoms with E-state index in [1.54, 1.807) is 0 Å². The van der Waals surface area contributed by atoms with Crippen LogP contribution >= 0.6 is 0 Å². The van der Waals surface area contributed by atoms with Crippen molar-refractivity contribution >= 4 is 11.5 Å². The van der Waals surface area contributed by atoms with Crippen molar-refractivity contribution < 1.29 is 0 Å². The lowest BCUT2D eigenvalue weighted by Crippen LogP contribution is -2.42. The quantitative estimate of drug-likeness (QED) is 0.722. The zero-order valence-electron chi connectivity index (χ0n) is 14.6. The Balaban J connectivity index is 1.66. The minimum absolute atomic E-state index is 0.390. The van der Waals surface area contributed by atoms with Gasteiger partial charge in [0.05, 0.1) is 17.2 Å². The molecule has 0 bridgehead atoms. The number of aromatic nitrogens is 3. The summed E-state index contributed by atoms with van der Waals surface area (Å²) >= 11 is 0. The maximum atomic E-state index is 9.87. The molecule has 1 aliphatic heterocycles. The Labute approximate surface area is 147 Å². The average Bonchev–Trinajstić information content (AvgIpc) is 3.02. The molecule has 3 heterocycles. The molecule has 5 nitrogen and oxygen atoms in total. The molecule has 0 N–H and O–H groups in total. The zero-order valence-corrected chi connectivity index (χ0v) is 14.6. The van der Waals surface area contributed by atoms with Gasteiger partial charge in [-0.3, -0.25) is 0 Å². The number of piperidine rings is 1. The lowest BCUT2D eigenvalue weighted by atomic mass is 9.74. The number of hydrogen-bond donors (Lipinski definition) is 0. The SMILES string of the molecule is Cc1cc(N2CCC(C#N)(c3ccccc3)CC2)n2nc(C)cc2n1. The Bertz CT molecular complexity index is 943. The predicted octanol–water partition coefficient (Wildman–Crippen LogP) is 3.41. The summed E-state index contributed by atoms with van der Waals surface area (Å²) < 4.78 is 1.92. The van der Waals surface area contributed by atoms with Gasteiger partial charge in [-0.15, -0.1) is 0 Å². The van der Waals surface area contributed by atoms with Crippen molar-refractivity contribution in [3.8, 4) is 6.07 Å². The van der Waals surface area contributed by atoms with Gasteiger partial charge in [-0.05, 0) is 32.3 Å². The molecule has 1 saturated heterocycles. The van der Waals surface area contributed by atoms with Crippen LogP contribution in [0.1, 0.15) is 29.8 Å². The number of aryl methyl sites for hydroxylation is 2. The third-order valence-corrected chi connectivity index (χ3v) is 5.14. The highest BCUT2D eigenvalue weighted by Crippen LogP contribution is 2.36. The van der Waals surface area contributed by atoms with Crippen molar-refractivity contribution in [3.63, 3.8) is 0 Å².